The van der Waals surface area contributed by atoms with Crippen LogP contribution in [0.15, 0.2) is 72.9 Å². The second-order valence-corrected chi connectivity index (χ2v) is 8.24. The monoisotopic (exact) mass is 447 g/mol. The predicted octanol–water partition coefficient (Wildman–Crippen LogP) is 5.51. The first kappa shape index (κ1) is 20.3. The highest BCUT2D eigenvalue weighted by atomic mass is 35.5. The number of aromatic amines is 1. The molecule has 1 aliphatic heterocycles. The van der Waals surface area contributed by atoms with Gasteiger partial charge < -0.3 is 15.2 Å². The van der Waals surface area contributed by atoms with Crippen molar-refractivity contribution < 1.29 is 14.0 Å². The summed E-state index contributed by atoms with van der Waals surface area (Å²) in [4.78, 5) is 31.7. The molecule has 0 saturated heterocycles. The SMILES string of the molecule is CN1C(=O)c2ccccc2[C@H](C(=O)Nc2ccc(F)c(Cl)c2)[C@@H]1c1c[nH]c2ccccc12. The average Bonchev–Trinajstić information content (AvgIpc) is 3.22. The summed E-state index contributed by atoms with van der Waals surface area (Å²) in [6, 6.07) is 18.4. The molecule has 2 heterocycles. The number of halogens is 2. The minimum atomic E-state index is -0.683. The number of likely N-dealkylation sites (N-methyl/N-ethyl adjacent to an activating group) is 1. The molecule has 2 atom stereocenters. The fourth-order valence-corrected chi connectivity index (χ4v) is 4.66. The van der Waals surface area contributed by atoms with E-state index in [1.54, 1.807) is 24.1 Å². The maximum Gasteiger partial charge on any atom is 0.254 e. The third kappa shape index (κ3) is 3.24. The third-order valence-electron chi connectivity index (χ3n) is 5.99. The van der Waals surface area contributed by atoms with Gasteiger partial charge in [-0.2, -0.15) is 0 Å². The lowest BCUT2D eigenvalue weighted by Crippen LogP contribution is -2.44. The molecular weight excluding hydrogens is 429 g/mol. The molecule has 1 aliphatic rings. The number of nitrogens with one attached hydrogen (secondary N) is 2. The summed E-state index contributed by atoms with van der Waals surface area (Å²) in [6.07, 6.45) is 1.85. The highest BCUT2D eigenvalue weighted by Gasteiger charge is 2.43. The second-order valence-electron chi connectivity index (χ2n) is 7.83. The van der Waals surface area contributed by atoms with Gasteiger partial charge in [-0.25, -0.2) is 4.39 Å². The molecule has 0 radical (unpaired) electrons. The first-order chi connectivity index (χ1) is 15.5. The molecule has 1 aromatic heterocycles. The van der Waals surface area contributed by atoms with Gasteiger partial charge in [0.15, 0.2) is 0 Å². The number of aromatic nitrogens is 1. The van der Waals surface area contributed by atoms with Crippen molar-refractivity contribution in [2.24, 2.45) is 0 Å². The lowest BCUT2D eigenvalue weighted by Gasteiger charge is -2.39. The van der Waals surface area contributed by atoms with E-state index in [9.17, 15) is 14.0 Å². The molecule has 5 nitrogen and oxygen atoms in total. The summed E-state index contributed by atoms with van der Waals surface area (Å²) in [7, 11) is 1.71. The zero-order valence-electron chi connectivity index (χ0n) is 17.1. The van der Waals surface area contributed by atoms with Gasteiger partial charge in [0.05, 0.1) is 17.0 Å². The van der Waals surface area contributed by atoms with Gasteiger partial charge in [0.1, 0.15) is 5.82 Å². The minimum absolute atomic E-state index is 0.0766. The van der Waals surface area contributed by atoms with Crippen LogP contribution in [-0.4, -0.2) is 28.7 Å². The summed E-state index contributed by atoms with van der Waals surface area (Å²) in [5.74, 6) is -1.70. The van der Waals surface area contributed by atoms with E-state index in [1.807, 2.05) is 42.6 Å². The molecule has 32 heavy (non-hydrogen) atoms. The van der Waals surface area contributed by atoms with E-state index in [-0.39, 0.29) is 16.8 Å². The molecule has 2 N–H and O–H groups in total. The van der Waals surface area contributed by atoms with E-state index >= 15 is 0 Å². The average molecular weight is 448 g/mol. The third-order valence-corrected chi connectivity index (χ3v) is 6.28. The molecule has 2 amide bonds. The van der Waals surface area contributed by atoms with Gasteiger partial charge in [-0.3, -0.25) is 9.59 Å². The summed E-state index contributed by atoms with van der Waals surface area (Å²) < 4.78 is 13.6. The molecule has 0 unspecified atom stereocenters. The van der Waals surface area contributed by atoms with Crippen molar-refractivity contribution in [3.05, 3.63) is 100 Å². The largest absolute Gasteiger partial charge is 0.361 e. The smallest absolute Gasteiger partial charge is 0.254 e. The van der Waals surface area contributed by atoms with Gasteiger partial charge in [0.25, 0.3) is 5.91 Å². The number of carbonyl (C=O) groups excluding carboxylic acids is 2. The molecule has 7 heteroatoms. The van der Waals surface area contributed by atoms with E-state index < -0.39 is 17.8 Å². The molecule has 0 fully saturated rings. The van der Waals surface area contributed by atoms with Crippen LogP contribution in [0.3, 0.4) is 0 Å². The molecule has 0 bridgehead atoms. The van der Waals surface area contributed by atoms with Gasteiger partial charge in [0, 0.05) is 41.0 Å². The van der Waals surface area contributed by atoms with E-state index in [0.717, 1.165) is 16.5 Å². The summed E-state index contributed by atoms with van der Waals surface area (Å²) in [6.45, 7) is 0. The first-order valence-corrected chi connectivity index (χ1v) is 10.5. The van der Waals surface area contributed by atoms with Crippen LogP contribution < -0.4 is 5.32 Å². The standard InChI is InChI=1S/C25H19ClFN3O2/c1-30-23(18-13-28-21-9-5-4-6-15(18)21)22(16-7-2-3-8-17(16)25(30)32)24(31)29-14-10-11-20(27)19(26)12-14/h2-13,22-23,28H,1H3,(H,29,31)/t22-,23-/m0/s1. The van der Waals surface area contributed by atoms with Crippen LogP contribution >= 0.6 is 11.6 Å². The van der Waals surface area contributed by atoms with E-state index in [0.29, 0.717) is 16.8 Å². The Bertz CT molecular complexity index is 1370. The number of benzene rings is 3. The fourth-order valence-electron chi connectivity index (χ4n) is 4.48. The van der Waals surface area contributed by atoms with Crippen molar-refractivity contribution in [1.82, 2.24) is 9.88 Å². The van der Waals surface area contributed by atoms with E-state index in [2.05, 4.69) is 10.3 Å². The Kier molecular flexibility index (Phi) is 4.94. The highest BCUT2D eigenvalue weighted by molar-refractivity contribution is 6.31. The summed E-state index contributed by atoms with van der Waals surface area (Å²) in [5.41, 5.74) is 3.30. The zero-order chi connectivity index (χ0) is 22.4. The number of hydrogen-bond acceptors (Lipinski definition) is 2. The van der Waals surface area contributed by atoms with Gasteiger partial charge in [-0.1, -0.05) is 48.0 Å². The number of carbonyl (C=O) groups is 2. The van der Waals surface area contributed by atoms with Crippen LogP contribution in [0.5, 0.6) is 0 Å². The Hall–Kier alpha value is -3.64. The Balaban J connectivity index is 1.64. The Morgan fingerprint density at radius 3 is 2.62 bits per heavy atom. The van der Waals surface area contributed by atoms with Crippen LogP contribution in [-0.2, 0) is 4.79 Å². The number of hydrogen-bond donors (Lipinski definition) is 2. The predicted molar refractivity (Wildman–Crippen MR) is 122 cm³/mol. The Morgan fingerprint density at radius 1 is 1.06 bits per heavy atom. The molecule has 160 valence electrons. The van der Waals surface area contributed by atoms with Gasteiger partial charge in [-0.15, -0.1) is 0 Å². The van der Waals surface area contributed by atoms with Crippen molar-refractivity contribution in [3.63, 3.8) is 0 Å². The number of amides is 2. The molecule has 0 saturated carbocycles. The lowest BCUT2D eigenvalue weighted by atomic mass is 9.79. The van der Waals surface area contributed by atoms with Crippen LogP contribution in [0.4, 0.5) is 10.1 Å². The van der Waals surface area contributed by atoms with E-state index in [1.165, 1.54) is 18.2 Å². The molecule has 4 aromatic rings. The number of nitrogens with zero attached hydrogens (tertiary/aromatic N) is 1. The topological polar surface area (TPSA) is 65.2 Å². The van der Waals surface area contributed by atoms with Gasteiger partial charge in [0.2, 0.25) is 5.91 Å². The maximum atomic E-state index is 13.6. The first-order valence-electron chi connectivity index (χ1n) is 10.1. The fraction of sp³-hybridized carbons (Fsp3) is 0.120. The van der Waals surface area contributed by atoms with Crippen molar-refractivity contribution in [1.29, 1.82) is 0 Å². The normalized spacial score (nSPS) is 18.0. The highest BCUT2D eigenvalue weighted by Crippen LogP contribution is 2.44. The van der Waals surface area contributed by atoms with Gasteiger partial charge in [-0.05, 0) is 35.9 Å². The van der Waals surface area contributed by atoms with Crippen LogP contribution in [0, 0.1) is 5.82 Å². The molecular formula is C25H19ClFN3O2. The van der Waals surface area contributed by atoms with Gasteiger partial charge >= 0.3 is 0 Å². The van der Waals surface area contributed by atoms with Crippen LogP contribution in [0.2, 0.25) is 5.02 Å². The number of anilines is 1. The number of rotatable bonds is 3. The molecule has 3 aromatic carbocycles. The second kappa shape index (κ2) is 7.80. The summed E-state index contributed by atoms with van der Waals surface area (Å²) >= 11 is 5.90. The number of para-hydroxylation sites is 1. The van der Waals surface area contributed by atoms with Crippen LogP contribution in [0.25, 0.3) is 10.9 Å². The number of H-pyrrole nitrogens is 1. The molecule has 0 spiro atoms. The van der Waals surface area contributed by atoms with Crippen LogP contribution in [0.1, 0.15) is 33.4 Å². The summed E-state index contributed by atoms with van der Waals surface area (Å²) in [5, 5.41) is 3.72. The number of fused-ring (bicyclic) bond motifs is 2. The van der Waals surface area contributed by atoms with Crippen molar-refractivity contribution in [3.8, 4) is 0 Å². The van der Waals surface area contributed by atoms with E-state index in [4.69, 9.17) is 11.6 Å². The quantitative estimate of drug-likeness (QED) is 0.435. The Labute approximate surface area is 188 Å². The maximum absolute atomic E-state index is 13.6. The Morgan fingerprint density at radius 2 is 1.81 bits per heavy atom. The molecule has 0 aliphatic carbocycles. The van der Waals surface area contributed by atoms with Crippen molar-refractivity contribution in [2.45, 2.75) is 12.0 Å². The zero-order valence-corrected chi connectivity index (χ0v) is 17.9. The molecule has 5 rings (SSSR count). The van der Waals surface area contributed by atoms with Crippen molar-refractivity contribution in [2.75, 3.05) is 12.4 Å². The minimum Gasteiger partial charge on any atom is -0.361 e. The lowest BCUT2D eigenvalue weighted by molar-refractivity contribution is -0.119. The van der Waals surface area contributed by atoms with Crippen molar-refractivity contribution >= 4 is 40.0 Å².